The summed E-state index contributed by atoms with van der Waals surface area (Å²) in [6.45, 7) is 2.04. The molecule has 25 heavy (non-hydrogen) atoms. The number of amides is 1. The van der Waals surface area contributed by atoms with Crippen molar-refractivity contribution in [2.45, 2.75) is 25.8 Å². The molecule has 8 nitrogen and oxygen atoms in total. The summed E-state index contributed by atoms with van der Waals surface area (Å²) in [4.78, 5) is 31.7. The summed E-state index contributed by atoms with van der Waals surface area (Å²) in [5, 5.41) is 16.1. The van der Waals surface area contributed by atoms with E-state index in [1.54, 1.807) is 0 Å². The van der Waals surface area contributed by atoms with Crippen LogP contribution in [-0.2, 0) is 6.42 Å². The Labute approximate surface area is 142 Å². The molecule has 0 radical (unpaired) electrons. The van der Waals surface area contributed by atoms with Gasteiger partial charge in [0, 0.05) is 6.07 Å². The number of aromatic nitrogens is 4. The Hall–Kier alpha value is -3.29. The lowest BCUT2D eigenvalue weighted by molar-refractivity contribution is 0.0690. The topological polar surface area (TPSA) is 109 Å². The zero-order chi connectivity index (χ0) is 17.6. The lowest BCUT2D eigenvalue weighted by Gasteiger charge is -2.15. The molecule has 0 bridgehead atoms. The fraction of sp³-hybridized carbons (Fsp3) is 0.235. The fourth-order valence-corrected chi connectivity index (χ4v) is 3.21. The molecule has 3 aromatic rings. The van der Waals surface area contributed by atoms with E-state index in [4.69, 9.17) is 0 Å². The van der Waals surface area contributed by atoms with Gasteiger partial charge in [-0.25, -0.2) is 9.78 Å². The average Bonchev–Trinajstić information content (AvgIpc) is 3.20. The van der Waals surface area contributed by atoms with Crippen LogP contribution < -0.4 is 5.32 Å². The van der Waals surface area contributed by atoms with Gasteiger partial charge in [0.15, 0.2) is 5.69 Å². The fourth-order valence-electron chi connectivity index (χ4n) is 3.21. The summed E-state index contributed by atoms with van der Waals surface area (Å²) in [6.07, 6.45) is 2.94. The number of carboxylic acids is 1. The predicted molar refractivity (Wildman–Crippen MR) is 87.4 cm³/mol. The number of nitrogens with zero attached hydrogens (tertiary/aromatic N) is 4. The summed E-state index contributed by atoms with van der Waals surface area (Å²) in [5.74, 6) is -1.55. The third kappa shape index (κ3) is 2.61. The van der Waals surface area contributed by atoms with Gasteiger partial charge in [-0.3, -0.25) is 4.79 Å². The number of hydrogen-bond acceptors (Lipinski definition) is 5. The van der Waals surface area contributed by atoms with E-state index in [2.05, 4.69) is 26.4 Å². The van der Waals surface area contributed by atoms with Gasteiger partial charge in [-0.1, -0.05) is 23.8 Å². The maximum Gasteiger partial charge on any atom is 0.354 e. The van der Waals surface area contributed by atoms with Crippen LogP contribution in [0.2, 0.25) is 0 Å². The molecule has 0 saturated heterocycles. The SMILES string of the molecule is Cc1ccc2c(c1)CC[C@@H]2NC(=O)c1cc(C(=O)O)nc2ncnn12. The standard InChI is InChI=1S/C17H15N5O3/c1-9-2-4-11-10(6-9)3-5-12(11)20-15(23)14-7-13(16(24)25)21-17-18-8-19-22(14)17/h2,4,6-8,12H,3,5H2,1H3,(H,20,23)(H,24,25)/t12-/m0/s1. The van der Waals surface area contributed by atoms with Crippen LogP contribution in [0.25, 0.3) is 5.78 Å². The number of nitrogens with one attached hydrogen (secondary N) is 1. The Morgan fingerprint density at radius 2 is 2.16 bits per heavy atom. The van der Waals surface area contributed by atoms with Crippen molar-refractivity contribution >= 4 is 17.7 Å². The highest BCUT2D eigenvalue weighted by Gasteiger charge is 2.26. The number of aromatic carboxylic acids is 1. The van der Waals surface area contributed by atoms with Gasteiger partial charge in [0.25, 0.3) is 11.7 Å². The molecule has 1 aromatic carbocycles. The van der Waals surface area contributed by atoms with Crippen molar-refractivity contribution in [3.63, 3.8) is 0 Å². The first-order valence-electron chi connectivity index (χ1n) is 7.87. The molecule has 1 amide bonds. The van der Waals surface area contributed by atoms with Crippen molar-refractivity contribution in [2.75, 3.05) is 0 Å². The molecule has 8 heteroatoms. The smallest absolute Gasteiger partial charge is 0.354 e. The van der Waals surface area contributed by atoms with E-state index in [-0.39, 0.29) is 23.2 Å². The summed E-state index contributed by atoms with van der Waals surface area (Å²) in [5.41, 5.74) is 3.38. The van der Waals surface area contributed by atoms with Crippen LogP contribution in [0, 0.1) is 6.92 Å². The Balaban J connectivity index is 1.68. The zero-order valence-electron chi connectivity index (χ0n) is 13.4. The molecule has 0 saturated carbocycles. The molecule has 2 heterocycles. The molecule has 1 aliphatic carbocycles. The minimum Gasteiger partial charge on any atom is -0.477 e. The highest BCUT2D eigenvalue weighted by atomic mass is 16.4. The Bertz CT molecular complexity index is 1010. The van der Waals surface area contributed by atoms with Crippen LogP contribution in [0.15, 0.2) is 30.6 Å². The molecule has 2 aromatic heterocycles. The Kier molecular flexibility index (Phi) is 3.45. The second-order valence-corrected chi connectivity index (χ2v) is 6.07. The van der Waals surface area contributed by atoms with Crippen LogP contribution >= 0.6 is 0 Å². The zero-order valence-corrected chi connectivity index (χ0v) is 13.4. The molecule has 126 valence electrons. The maximum absolute atomic E-state index is 12.7. The number of benzene rings is 1. The summed E-state index contributed by atoms with van der Waals surface area (Å²) >= 11 is 0. The second-order valence-electron chi connectivity index (χ2n) is 6.07. The molecule has 0 fully saturated rings. The quantitative estimate of drug-likeness (QED) is 0.750. The minimum absolute atomic E-state index is 0.0764. The first-order valence-corrected chi connectivity index (χ1v) is 7.87. The van der Waals surface area contributed by atoms with Crippen molar-refractivity contribution in [1.29, 1.82) is 0 Å². The van der Waals surface area contributed by atoms with Crippen molar-refractivity contribution in [3.8, 4) is 0 Å². The molecule has 1 atom stereocenters. The summed E-state index contributed by atoms with van der Waals surface area (Å²) in [7, 11) is 0. The normalized spacial score (nSPS) is 16.0. The third-order valence-electron chi connectivity index (χ3n) is 4.39. The van der Waals surface area contributed by atoms with Crippen LogP contribution in [0.1, 0.15) is 50.1 Å². The maximum atomic E-state index is 12.7. The van der Waals surface area contributed by atoms with E-state index in [0.717, 1.165) is 18.4 Å². The number of fused-ring (bicyclic) bond motifs is 2. The minimum atomic E-state index is -1.22. The van der Waals surface area contributed by atoms with Crippen molar-refractivity contribution in [3.05, 3.63) is 58.7 Å². The molecule has 0 spiro atoms. The first kappa shape index (κ1) is 15.3. The third-order valence-corrected chi connectivity index (χ3v) is 4.39. The van der Waals surface area contributed by atoms with Gasteiger partial charge in [-0.15, -0.1) is 0 Å². The predicted octanol–water partition coefficient (Wildman–Crippen LogP) is 1.55. The lowest BCUT2D eigenvalue weighted by Crippen LogP contribution is -2.29. The number of carbonyl (C=O) groups excluding carboxylic acids is 1. The highest BCUT2D eigenvalue weighted by Crippen LogP contribution is 2.31. The molecular weight excluding hydrogens is 322 g/mol. The molecule has 2 N–H and O–H groups in total. The second kappa shape index (κ2) is 5.66. The molecule has 4 rings (SSSR count). The van der Waals surface area contributed by atoms with Gasteiger partial charge < -0.3 is 10.4 Å². The molecule has 1 aliphatic rings. The van der Waals surface area contributed by atoms with E-state index < -0.39 is 11.9 Å². The van der Waals surface area contributed by atoms with Gasteiger partial charge in [0.1, 0.15) is 12.0 Å². The molecule has 0 unspecified atom stereocenters. The van der Waals surface area contributed by atoms with Gasteiger partial charge in [-0.2, -0.15) is 14.6 Å². The van der Waals surface area contributed by atoms with E-state index >= 15 is 0 Å². The van der Waals surface area contributed by atoms with Crippen molar-refractivity contribution in [1.82, 2.24) is 24.9 Å². The van der Waals surface area contributed by atoms with E-state index in [1.165, 1.54) is 28.0 Å². The summed E-state index contributed by atoms with van der Waals surface area (Å²) < 4.78 is 1.24. The van der Waals surface area contributed by atoms with Gasteiger partial charge >= 0.3 is 5.97 Å². The van der Waals surface area contributed by atoms with Crippen LogP contribution in [-0.4, -0.2) is 36.6 Å². The number of carbonyl (C=O) groups is 2. The molecular formula is C17H15N5O3. The molecule has 0 aliphatic heterocycles. The number of carboxylic acid groups (broad SMARTS) is 1. The van der Waals surface area contributed by atoms with Gasteiger partial charge in [0.05, 0.1) is 6.04 Å². The first-order chi connectivity index (χ1) is 12.0. The number of aryl methyl sites for hydroxylation is 2. The largest absolute Gasteiger partial charge is 0.477 e. The Morgan fingerprint density at radius 3 is 2.96 bits per heavy atom. The average molecular weight is 337 g/mol. The van der Waals surface area contributed by atoms with Crippen LogP contribution in [0.4, 0.5) is 0 Å². The van der Waals surface area contributed by atoms with E-state index in [9.17, 15) is 14.7 Å². The number of hydrogen-bond donors (Lipinski definition) is 2. The lowest BCUT2D eigenvalue weighted by atomic mass is 10.1. The monoisotopic (exact) mass is 337 g/mol. The van der Waals surface area contributed by atoms with Crippen LogP contribution in [0.3, 0.4) is 0 Å². The van der Waals surface area contributed by atoms with E-state index in [1.807, 2.05) is 19.1 Å². The van der Waals surface area contributed by atoms with Gasteiger partial charge in [-0.05, 0) is 30.9 Å². The van der Waals surface area contributed by atoms with Gasteiger partial charge in [0.2, 0.25) is 0 Å². The van der Waals surface area contributed by atoms with Crippen LogP contribution in [0.5, 0.6) is 0 Å². The van der Waals surface area contributed by atoms with Crippen molar-refractivity contribution < 1.29 is 14.7 Å². The highest BCUT2D eigenvalue weighted by molar-refractivity contribution is 5.96. The van der Waals surface area contributed by atoms with E-state index in [0.29, 0.717) is 0 Å². The van der Waals surface area contributed by atoms with Crippen molar-refractivity contribution in [2.24, 2.45) is 0 Å². The Morgan fingerprint density at radius 1 is 1.32 bits per heavy atom. The summed E-state index contributed by atoms with van der Waals surface area (Å²) in [6, 6.07) is 7.29. The number of rotatable bonds is 3.